The summed E-state index contributed by atoms with van der Waals surface area (Å²) in [6, 6.07) is 11.2. The summed E-state index contributed by atoms with van der Waals surface area (Å²) in [5, 5.41) is 14.8. The van der Waals surface area contributed by atoms with Gasteiger partial charge in [0.2, 0.25) is 0 Å². The van der Waals surface area contributed by atoms with Crippen molar-refractivity contribution in [2.75, 3.05) is 13.2 Å². The van der Waals surface area contributed by atoms with Crippen LogP contribution in [0.15, 0.2) is 41.1 Å². The van der Waals surface area contributed by atoms with Crippen molar-refractivity contribution < 1.29 is 9.94 Å². The predicted octanol–water partition coefficient (Wildman–Crippen LogP) is 4.89. The molecular weight excluding hydrogens is 336 g/mol. The molecule has 1 N–H and O–H groups in total. The fourth-order valence-electron chi connectivity index (χ4n) is 3.61. The van der Waals surface area contributed by atoms with Crippen LogP contribution in [0.4, 0.5) is 0 Å². The van der Waals surface area contributed by atoms with Crippen LogP contribution in [0.5, 0.6) is 0 Å². The molecule has 0 aliphatic heterocycles. The van der Waals surface area contributed by atoms with E-state index in [2.05, 4.69) is 68.1 Å². The summed E-state index contributed by atoms with van der Waals surface area (Å²) < 4.78 is 0. The summed E-state index contributed by atoms with van der Waals surface area (Å²) in [7, 11) is 0. The highest BCUT2D eigenvalue weighted by Gasteiger charge is 2.18. The molecule has 0 aromatic heterocycles. The highest BCUT2D eigenvalue weighted by atomic mass is 16.6. The Morgan fingerprint density at radius 1 is 1.04 bits per heavy atom. The fraction of sp³-hybridized carbons (Fsp3) is 0.609. The SMILES string of the molecule is CC(C)N(C[C@H](O)CO/N=C1\CCCCC\C1=C/c1ccccc1)C(C)C. The van der Waals surface area contributed by atoms with Crippen LogP contribution in [0, 0.1) is 0 Å². The van der Waals surface area contributed by atoms with Gasteiger partial charge in [0.15, 0.2) is 0 Å². The van der Waals surface area contributed by atoms with E-state index in [1.54, 1.807) is 0 Å². The van der Waals surface area contributed by atoms with E-state index in [9.17, 15) is 5.11 Å². The van der Waals surface area contributed by atoms with Crippen LogP contribution in [-0.2, 0) is 4.84 Å². The first-order valence-electron chi connectivity index (χ1n) is 10.4. The van der Waals surface area contributed by atoms with E-state index in [4.69, 9.17) is 4.84 Å². The van der Waals surface area contributed by atoms with E-state index < -0.39 is 6.10 Å². The van der Waals surface area contributed by atoms with Gasteiger partial charge in [0.25, 0.3) is 0 Å². The van der Waals surface area contributed by atoms with E-state index in [0.29, 0.717) is 18.6 Å². The van der Waals surface area contributed by atoms with Gasteiger partial charge in [-0.15, -0.1) is 0 Å². The summed E-state index contributed by atoms with van der Waals surface area (Å²) in [5.74, 6) is 0. The number of rotatable bonds is 8. The van der Waals surface area contributed by atoms with Crippen LogP contribution >= 0.6 is 0 Å². The third-order valence-corrected chi connectivity index (χ3v) is 5.06. The van der Waals surface area contributed by atoms with Crippen molar-refractivity contribution in [3.05, 3.63) is 41.5 Å². The summed E-state index contributed by atoms with van der Waals surface area (Å²) >= 11 is 0. The molecule has 4 heteroatoms. The average molecular weight is 373 g/mol. The molecule has 0 spiro atoms. The molecule has 1 aromatic rings. The Kier molecular flexibility index (Phi) is 9.02. The molecular formula is C23H36N2O2. The van der Waals surface area contributed by atoms with Crippen molar-refractivity contribution in [1.29, 1.82) is 0 Å². The second kappa shape index (κ2) is 11.3. The van der Waals surface area contributed by atoms with Crippen molar-refractivity contribution in [3.8, 4) is 0 Å². The summed E-state index contributed by atoms with van der Waals surface area (Å²) in [6.07, 6.45) is 7.23. The van der Waals surface area contributed by atoms with Gasteiger partial charge < -0.3 is 9.94 Å². The number of benzene rings is 1. The molecule has 4 nitrogen and oxygen atoms in total. The Labute approximate surface area is 164 Å². The van der Waals surface area contributed by atoms with Crippen LogP contribution in [0.25, 0.3) is 6.08 Å². The molecule has 1 atom stereocenters. The minimum absolute atomic E-state index is 0.234. The number of aliphatic hydroxyl groups is 1. The Hall–Kier alpha value is -1.65. The van der Waals surface area contributed by atoms with E-state index in [1.165, 1.54) is 24.0 Å². The number of hydrogen-bond acceptors (Lipinski definition) is 4. The lowest BCUT2D eigenvalue weighted by molar-refractivity contribution is 0.00584. The summed E-state index contributed by atoms with van der Waals surface area (Å²) in [6.45, 7) is 9.45. The maximum absolute atomic E-state index is 10.4. The first-order chi connectivity index (χ1) is 13.0. The standard InChI is InChI=1S/C23H36N2O2/c1-18(2)25(19(3)4)16-22(26)17-27-24-23-14-10-6-9-13-21(23)15-20-11-7-5-8-12-20/h5,7-8,11-12,15,18-19,22,26H,6,9-10,13-14,16-17H2,1-4H3/b21-15+,24-23+/t22-/m0/s1. The quantitative estimate of drug-likeness (QED) is 0.522. The zero-order valence-electron chi connectivity index (χ0n) is 17.4. The first kappa shape index (κ1) is 21.6. The molecule has 1 fully saturated rings. The van der Waals surface area contributed by atoms with E-state index >= 15 is 0 Å². The number of allylic oxidation sites excluding steroid dienone is 1. The fourth-order valence-corrected chi connectivity index (χ4v) is 3.61. The normalized spacial score (nSPS) is 19.9. The topological polar surface area (TPSA) is 45.1 Å². The molecule has 27 heavy (non-hydrogen) atoms. The predicted molar refractivity (Wildman–Crippen MR) is 114 cm³/mol. The van der Waals surface area contributed by atoms with E-state index in [1.807, 2.05) is 6.07 Å². The van der Waals surface area contributed by atoms with Crippen LogP contribution in [0.2, 0.25) is 0 Å². The van der Waals surface area contributed by atoms with Crippen LogP contribution < -0.4 is 0 Å². The molecule has 0 radical (unpaired) electrons. The Morgan fingerprint density at radius 3 is 2.37 bits per heavy atom. The zero-order chi connectivity index (χ0) is 19.6. The van der Waals surface area contributed by atoms with Gasteiger partial charge in [-0.2, -0.15) is 0 Å². The van der Waals surface area contributed by atoms with Crippen molar-refractivity contribution in [2.45, 2.75) is 78.0 Å². The first-order valence-corrected chi connectivity index (χ1v) is 10.4. The van der Waals surface area contributed by atoms with Gasteiger partial charge in [-0.1, -0.05) is 41.9 Å². The van der Waals surface area contributed by atoms with Crippen molar-refractivity contribution in [3.63, 3.8) is 0 Å². The molecule has 2 rings (SSSR count). The summed E-state index contributed by atoms with van der Waals surface area (Å²) in [4.78, 5) is 7.86. The van der Waals surface area contributed by atoms with Gasteiger partial charge in [0.1, 0.15) is 12.7 Å². The molecule has 0 unspecified atom stereocenters. The monoisotopic (exact) mass is 372 g/mol. The minimum Gasteiger partial charge on any atom is -0.393 e. The Morgan fingerprint density at radius 2 is 1.70 bits per heavy atom. The molecule has 0 amide bonds. The molecule has 0 saturated heterocycles. The molecule has 1 aliphatic carbocycles. The van der Waals surface area contributed by atoms with Gasteiger partial charge >= 0.3 is 0 Å². The lowest BCUT2D eigenvalue weighted by atomic mass is 10.0. The molecule has 1 saturated carbocycles. The summed E-state index contributed by atoms with van der Waals surface area (Å²) in [5.41, 5.74) is 3.50. The van der Waals surface area contributed by atoms with E-state index in [-0.39, 0.29) is 6.61 Å². The zero-order valence-corrected chi connectivity index (χ0v) is 17.4. The minimum atomic E-state index is -0.536. The number of hydrogen-bond donors (Lipinski definition) is 1. The van der Waals surface area contributed by atoms with Crippen LogP contribution in [0.1, 0.15) is 65.4 Å². The van der Waals surface area contributed by atoms with Gasteiger partial charge in [0, 0.05) is 18.6 Å². The lowest BCUT2D eigenvalue weighted by Gasteiger charge is -2.31. The van der Waals surface area contributed by atoms with Crippen LogP contribution in [0.3, 0.4) is 0 Å². The average Bonchev–Trinajstić information content (AvgIpc) is 2.85. The largest absolute Gasteiger partial charge is 0.393 e. The number of aliphatic hydroxyl groups excluding tert-OH is 1. The molecule has 1 aliphatic rings. The number of oxime groups is 1. The molecule has 150 valence electrons. The van der Waals surface area contributed by atoms with Gasteiger partial charge in [-0.25, -0.2) is 0 Å². The van der Waals surface area contributed by atoms with Crippen LogP contribution in [-0.4, -0.2) is 47.1 Å². The van der Waals surface area contributed by atoms with Crippen molar-refractivity contribution in [2.24, 2.45) is 5.16 Å². The maximum Gasteiger partial charge on any atom is 0.144 e. The van der Waals surface area contributed by atoms with Gasteiger partial charge in [-0.3, -0.25) is 4.90 Å². The second-order valence-electron chi connectivity index (χ2n) is 8.01. The second-order valence-corrected chi connectivity index (χ2v) is 8.01. The van der Waals surface area contributed by atoms with Gasteiger partial charge in [0.05, 0.1) is 5.71 Å². The molecule has 1 aromatic carbocycles. The van der Waals surface area contributed by atoms with Crippen molar-refractivity contribution >= 4 is 11.8 Å². The maximum atomic E-state index is 10.4. The van der Waals surface area contributed by atoms with E-state index in [0.717, 1.165) is 25.0 Å². The smallest absolute Gasteiger partial charge is 0.144 e. The third kappa shape index (κ3) is 7.47. The third-order valence-electron chi connectivity index (χ3n) is 5.06. The highest BCUT2D eigenvalue weighted by molar-refractivity contribution is 6.03. The highest BCUT2D eigenvalue weighted by Crippen LogP contribution is 2.23. The van der Waals surface area contributed by atoms with Crippen molar-refractivity contribution in [1.82, 2.24) is 4.90 Å². The van der Waals surface area contributed by atoms with Gasteiger partial charge in [-0.05, 0) is 70.6 Å². The Balaban J connectivity index is 1.98. The molecule has 0 heterocycles. The number of nitrogens with zero attached hydrogens (tertiary/aromatic N) is 2. The molecule has 0 bridgehead atoms. The lowest BCUT2D eigenvalue weighted by Crippen LogP contribution is -2.43. The Bertz CT molecular complexity index is 600.